The lowest BCUT2D eigenvalue weighted by atomic mass is 10.0. The second-order valence-corrected chi connectivity index (χ2v) is 4.77. The summed E-state index contributed by atoms with van der Waals surface area (Å²) in [6, 6.07) is 5.43. The standard InChI is InChI=1S/C13H16N2O2S/c1-8-13(18-7-15-8)12(14)10-5-4-9(16-2)6-11(10)17-3/h4-7,12H,14H2,1-3H3. The molecule has 2 aromatic rings. The van der Waals surface area contributed by atoms with Crippen molar-refractivity contribution in [2.75, 3.05) is 14.2 Å². The fourth-order valence-electron chi connectivity index (χ4n) is 1.83. The number of aromatic nitrogens is 1. The smallest absolute Gasteiger partial charge is 0.127 e. The fourth-order valence-corrected chi connectivity index (χ4v) is 2.65. The topological polar surface area (TPSA) is 57.4 Å². The molecule has 0 saturated heterocycles. The molecule has 1 aromatic carbocycles. The van der Waals surface area contributed by atoms with Crippen LogP contribution in [0.3, 0.4) is 0 Å². The highest BCUT2D eigenvalue weighted by molar-refractivity contribution is 7.09. The Morgan fingerprint density at radius 1 is 1.28 bits per heavy atom. The van der Waals surface area contributed by atoms with Crippen molar-refractivity contribution in [3.63, 3.8) is 0 Å². The van der Waals surface area contributed by atoms with Crippen molar-refractivity contribution in [3.8, 4) is 11.5 Å². The van der Waals surface area contributed by atoms with Gasteiger partial charge in [-0.2, -0.15) is 0 Å². The van der Waals surface area contributed by atoms with Crippen molar-refractivity contribution >= 4 is 11.3 Å². The third-order valence-corrected chi connectivity index (χ3v) is 3.85. The molecule has 2 N–H and O–H groups in total. The molecule has 1 heterocycles. The first-order chi connectivity index (χ1) is 8.67. The predicted octanol–water partition coefficient (Wildman–Crippen LogP) is 2.52. The Balaban J connectivity index is 2.41. The van der Waals surface area contributed by atoms with Crippen molar-refractivity contribution in [1.82, 2.24) is 4.98 Å². The molecule has 1 unspecified atom stereocenters. The summed E-state index contributed by atoms with van der Waals surface area (Å²) in [5, 5.41) is 0. The Morgan fingerprint density at radius 2 is 2.06 bits per heavy atom. The maximum atomic E-state index is 6.28. The lowest BCUT2D eigenvalue weighted by molar-refractivity contribution is 0.390. The quantitative estimate of drug-likeness (QED) is 0.922. The summed E-state index contributed by atoms with van der Waals surface area (Å²) in [6.45, 7) is 1.96. The van der Waals surface area contributed by atoms with Crippen molar-refractivity contribution in [2.45, 2.75) is 13.0 Å². The van der Waals surface area contributed by atoms with Crippen LogP contribution in [0.4, 0.5) is 0 Å². The van der Waals surface area contributed by atoms with Crippen LogP contribution in [0, 0.1) is 6.92 Å². The van der Waals surface area contributed by atoms with Crippen molar-refractivity contribution in [3.05, 3.63) is 39.8 Å². The monoisotopic (exact) mass is 264 g/mol. The van der Waals surface area contributed by atoms with Crippen LogP contribution in [0.15, 0.2) is 23.7 Å². The number of methoxy groups -OCH3 is 2. The summed E-state index contributed by atoms with van der Waals surface area (Å²) in [5.41, 5.74) is 9.98. The van der Waals surface area contributed by atoms with Gasteiger partial charge in [0.1, 0.15) is 11.5 Å². The van der Waals surface area contributed by atoms with E-state index >= 15 is 0 Å². The minimum Gasteiger partial charge on any atom is -0.497 e. The molecular formula is C13H16N2O2S. The zero-order valence-electron chi connectivity index (χ0n) is 10.6. The maximum Gasteiger partial charge on any atom is 0.127 e. The molecular weight excluding hydrogens is 248 g/mol. The first-order valence-corrected chi connectivity index (χ1v) is 6.42. The average Bonchev–Trinajstić information content (AvgIpc) is 2.83. The number of nitrogens with zero attached hydrogens (tertiary/aromatic N) is 1. The van der Waals surface area contributed by atoms with Crippen LogP contribution in [-0.4, -0.2) is 19.2 Å². The van der Waals surface area contributed by atoms with Gasteiger partial charge in [-0.25, -0.2) is 4.98 Å². The van der Waals surface area contributed by atoms with E-state index in [0.717, 1.165) is 27.6 Å². The van der Waals surface area contributed by atoms with Gasteiger partial charge in [0, 0.05) is 16.5 Å². The number of rotatable bonds is 4. The number of thiazole rings is 1. The fraction of sp³-hybridized carbons (Fsp3) is 0.308. The highest BCUT2D eigenvalue weighted by atomic mass is 32.1. The zero-order chi connectivity index (χ0) is 13.1. The van der Waals surface area contributed by atoms with Crippen LogP contribution < -0.4 is 15.2 Å². The van der Waals surface area contributed by atoms with E-state index in [1.165, 1.54) is 0 Å². The number of aryl methyl sites for hydroxylation is 1. The molecule has 0 saturated carbocycles. The van der Waals surface area contributed by atoms with Gasteiger partial charge in [0.15, 0.2) is 0 Å². The maximum absolute atomic E-state index is 6.28. The molecule has 0 aliphatic rings. The number of ether oxygens (including phenoxy) is 2. The predicted molar refractivity (Wildman–Crippen MR) is 72.4 cm³/mol. The van der Waals surface area contributed by atoms with Gasteiger partial charge in [-0.05, 0) is 19.1 Å². The molecule has 0 radical (unpaired) electrons. The molecule has 0 spiro atoms. The minimum absolute atomic E-state index is 0.224. The van der Waals surface area contributed by atoms with E-state index in [1.807, 2.05) is 25.1 Å². The van der Waals surface area contributed by atoms with Gasteiger partial charge < -0.3 is 15.2 Å². The molecule has 4 nitrogen and oxygen atoms in total. The summed E-state index contributed by atoms with van der Waals surface area (Å²) >= 11 is 1.56. The minimum atomic E-state index is -0.224. The van der Waals surface area contributed by atoms with E-state index in [-0.39, 0.29) is 6.04 Å². The molecule has 96 valence electrons. The lowest BCUT2D eigenvalue weighted by Crippen LogP contribution is -2.13. The molecule has 0 amide bonds. The van der Waals surface area contributed by atoms with Crippen LogP contribution in [0.2, 0.25) is 0 Å². The van der Waals surface area contributed by atoms with Gasteiger partial charge in [-0.1, -0.05) is 0 Å². The van der Waals surface area contributed by atoms with Crippen LogP contribution in [-0.2, 0) is 0 Å². The first-order valence-electron chi connectivity index (χ1n) is 5.55. The van der Waals surface area contributed by atoms with E-state index in [9.17, 15) is 0 Å². The van der Waals surface area contributed by atoms with Crippen molar-refractivity contribution in [1.29, 1.82) is 0 Å². The first kappa shape index (κ1) is 12.9. The lowest BCUT2D eigenvalue weighted by Gasteiger charge is -2.16. The third-order valence-electron chi connectivity index (χ3n) is 2.84. The van der Waals surface area contributed by atoms with Crippen LogP contribution >= 0.6 is 11.3 Å². The van der Waals surface area contributed by atoms with E-state index < -0.39 is 0 Å². The van der Waals surface area contributed by atoms with Gasteiger partial charge in [0.2, 0.25) is 0 Å². The van der Waals surface area contributed by atoms with Crippen molar-refractivity contribution < 1.29 is 9.47 Å². The van der Waals surface area contributed by atoms with E-state index in [2.05, 4.69) is 4.98 Å². The number of hydrogen-bond donors (Lipinski definition) is 1. The number of benzene rings is 1. The average molecular weight is 264 g/mol. The van der Waals surface area contributed by atoms with Crippen LogP contribution in [0.1, 0.15) is 22.2 Å². The van der Waals surface area contributed by atoms with E-state index in [1.54, 1.807) is 31.1 Å². The largest absolute Gasteiger partial charge is 0.497 e. The van der Waals surface area contributed by atoms with E-state index in [4.69, 9.17) is 15.2 Å². The molecule has 18 heavy (non-hydrogen) atoms. The van der Waals surface area contributed by atoms with Gasteiger partial charge in [0.25, 0.3) is 0 Å². The summed E-state index contributed by atoms with van der Waals surface area (Å²) in [6.07, 6.45) is 0. The molecule has 0 aliphatic heterocycles. The zero-order valence-corrected chi connectivity index (χ0v) is 11.5. The Kier molecular flexibility index (Phi) is 3.84. The Labute approximate surface area is 110 Å². The summed E-state index contributed by atoms with van der Waals surface area (Å²) in [4.78, 5) is 5.28. The number of hydrogen-bond acceptors (Lipinski definition) is 5. The third kappa shape index (κ3) is 2.32. The second-order valence-electron chi connectivity index (χ2n) is 3.89. The van der Waals surface area contributed by atoms with Gasteiger partial charge >= 0.3 is 0 Å². The molecule has 2 rings (SSSR count). The summed E-state index contributed by atoms with van der Waals surface area (Å²) < 4.78 is 10.5. The SMILES string of the molecule is COc1ccc(C(N)c2scnc2C)c(OC)c1. The Hall–Kier alpha value is -1.59. The normalized spacial score (nSPS) is 12.2. The molecule has 0 bridgehead atoms. The van der Waals surface area contributed by atoms with Crippen LogP contribution in [0.5, 0.6) is 11.5 Å². The van der Waals surface area contributed by atoms with Crippen molar-refractivity contribution in [2.24, 2.45) is 5.73 Å². The van der Waals surface area contributed by atoms with Gasteiger partial charge in [-0.3, -0.25) is 0 Å². The Bertz CT molecular complexity index is 540. The molecule has 0 fully saturated rings. The molecule has 1 aromatic heterocycles. The second kappa shape index (κ2) is 5.37. The summed E-state index contributed by atoms with van der Waals surface area (Å²) in [5.74, 6) is 1.48. The Morgan fingerprint density at radius 3 is 2.61 bits per heavy atom. The highest BCUT2D eigenvalue weighted by Crippen LogP contribution is 2.33. The van der Waals surface area contributed by atoms with Crippen LogP contribution in [0.25, 0.3) is 0 Å². The molecule has 5 heteroatoms. The van der Waals surface area contributed by atoms with Gasteiger partial charge in [-0.15, -0.1) is 11.3 Å². The van der Waals surface area contributed by atoms with Gasteiger partial charge in [0.05, 0.1) is 31.5 Å². The summed E-state index contributed by atoms with van der Waals surface area (Å²) in [7, 11) is 3.26. The number of nitrogens with two attached hydrogens (primary N) is 1. The van der Waals surface area contributed by atoms with E-state index in [0.29, 0.717) is 0 Å². The highest BCUT2D eigenvalue weighted by Gasteiger charge is 2.18. The molecule has 0 aliphatic carbocycles. The molecule has 1 atom stereocenters.